The number of hydrogen-bond acceptors (Lipinski definition) is 7. The molecule has 8 nitrogen and oxygen atoms in total. The minimum Gasteiger partial charge on any atom is -0.494 e. The number of unbranched alkanes of at least 4 members (excludes halogenated alkanes) is 4. The Morgan fingerprint density at radius 2 is 1.41 bits per heavy atom. The summed E-state index contributed by atoms with van der Waals surface area (Å²) < 4.78 is 38.4. The number of fused-ring (bicyclic) bond motifs is 3. The van der Waals surface area contributed by atoms with Crippen LogP contribution in [-0.4, -0.2) is 54.8 Å². The molecule has 2 saturated carbocycles. The van der Waals surface area contributed by atoms with Crippen molar-refractivity contribution in [2.45, 2.75) is 146 Å². The van der Waals surface area contributed by atoms with Crippen LogP contribution in [0.2, 0.25) is 0 Å². The molecule has 0 aromatic heterocycles. The average Bonchev–Trinajstić information content (AvgIpc) is 3.49. The number of hydrogen-bond donors (Lipinski definition) is 1. The summed E-state index contributed by atoms with van der Waals surface area (Å²) in [6.07, 6.45) is 13.2. The maximum absolute atomic E-state index is 13.6. The van der Waals surface area contributed by atoms with E-state index in [9.17, 15) is 4.79 Å². The molecule has 3 aliphatic heterocycles. The summed E-state index contributed by atoms with van der Waals surface area (Å²) in [5.74, 6) is -0.744. The molecule has 1 amide bonds. The van der Waals surface area contributed by atoms with Crippen LogP contribution in [0.25, 0.3) is 0 Å². The van der Waals surface area contributed by atoms with Crippen molar-refractivity contribution in [2.75, 3.05) is 11.9 Å². The highest BCUT2D eigenvalue weighted by Gasteiger charge is 2.65. The van der Waals surface area contributed by atoms with Crippen molar-refractivity contribution in [3.8, 4) is 5.75 Å². The lowest BCUT2D eigenvalue weighted by molar-refractivity contribution is -0.246. The molecule has 2 spiro atoms. The van der Waals surface area contributed by atoms with Crippen molar-refractivity contribution in [3.63, 3.8) is 0 Å². The molecule has 216 valence electrons. The van der Waals surface area contributed by atoms with Gasteiger partial charge in [0.1, 0.15) is 24.1 Å². The number of benzene rings is 1. The number of rotatable bonds is 9. The molecule has 6 rings (SSSR count). The highest BCUT2D eigenvalue weighted by Crippen LogP contribution is 2.51. The van der Waals surface area contributed by atoms with Gasteiger partial charge in [-0.1, -0.05) is 45.4 Å². The van der Waals surface area contributed by atoms with Gasteiger partial charge in [0.15, 0.2) is 24.0 Å². The third-order valence-corrected chi connectivity index (χ3v) is 9.01. The van der Waals surface area contributed by atoms with Crippen LogP contribution in [0.4, 0.5) is 5.69 Å². The van der Waals surface area contributed by atoms with Gasteiger partial charge in [-0.15, -0.1) is 0 Å². The van der Waals surface area contributed by atoms with Gasteiger partial charge in [-0.2, -0.15) is 0 Å². The Bertz CT molecular complexity index is 956. The molecule has 3 heterocycles. The lowest BCUT2D eigenvalue weighted by Gasteiger charge is -2.36. The minimum absolute atomic E-state index is 0.252. The Morgan fingerprint density at radius 1 is 0.795 bits per heavy atom. The van der Waals surface area contributed by atoms with Gasteiger partial charge < -0.3 is 33.7 Å². The first-order chi connectivity index (χ1) is 19.1. The second kappa shape index (κ2) is 12.0. The second-order valence-electron chi connectivity index (χ2n) is 12.0. The maximum atomic E-state index is 13.6. The number of carbonyl (C=O) groups excluding carboxylic acids is 1. The van der Waals surface area contributed by atoms with Gasteiger partial charge in [-0.25, -0.2) is 0 Å². The lowest BCUT2D eigenvalue weighted by Crippen LogP contribution is -2.58. The van der Waals surface area contributed by atoms with Crippen LogP contribution >= 0.6 is 0 Å². The highest BCUT2D eigenvalue weighted by atomic mass is 16.9. The molecule has 39 heavy (non-hydrogen) atoms. The predicted octanol–water partition coefficient (Wildman–Crippen LogP) is 6.22. The van der Waals surface area contributed by atoms with Gasteiger partial charge in [-0.3, -0.25) is 4.79 Å². The van der Waals surface area contributed by atoms with Crippen LogP contribution in [0.5, 0.6) is 5.75 Å². The maximum Gasteiger partial charge on any atom is 0.256 e. The first-order valence-corrected chi connectivity index (χ1v) is 15.5. The molecule has 1 aromatic rings. The van der Waals surface area contributed by atoms with E-state index in [4.69, 9.17) is 28.4 Å². The molecule has 1 aromatic carbocycles. The Morgan fingerprint density at radius 3 is 2.10 bits per heavy atom. The summed E-state index contributed by atoms with van der Waals surface area (Å²) in [7, 11) is 0. The zero-order valence-electron chi connectivity index (χ0n) is 23.4. The zero-order valence-corrected chi connectivity index (χ0v) is 23.4. The molecule has 8 heteroatoms. The summed E-state index contributed by atoms with van der Waals surface area (Å²) in [4.78, 5) is 13.6. The molecule has 0 radical (unpaired) electrons. The molecule has 5 atom stereocenters. The van der Waals surface area contributed by atoms with Crippen LogP contribution in [0, 0.1) is 0 Å². The minimum atomic E-state index is -0.848. The van der Waals surface area contributed by atoms with Crippen LogP contribution in [0.15, 0.2) is 24.3 Å². The Kier molecular flexibility index (Phi) is 8.47. The van der Waals surface area contributed by atoms with Crippen molar-refractivity contribution >= 4 is 11.6 Å². The molecular formula is C31H45NO7. The summed E-state index contributed by atoms with van der Waals surface area (Å²) >= 11 is 0. The summed E-state index contributed by atoms with van der Waals surface area (Å²) in [5.41, 5.74) is 0.691. The standard InChI is InChI=1S/C31H45NO7/c1-2-3-4-5-12-21-34-23-15-13-22(14-16-23)32-28(33)26-24-25(37-30(36-24)17-8-6-9-18-30)27-29(35-26)39-31(38-27)19-10-7-11-20-31/h13-16,24-27,29H,2-12,17-21H2,1H3,(H,32,33). The molecule has 1 N–H and O–H groups in total. The van der Waals surface area contributed by atoms with Gasteiger partial charge in [0.05, 0.1) is 6.61 Å². The van der Waals surface area contributed by atoms with E-state index < -0.39 is 42.3 Å². The number of anilines is 1. The van der Waals surface area contributed by atoms with Gasteiger partial charge in [0, 0.05) is 31.4 Å². The Labute approximate surface area is 232 Å². The number of ether oxygens (including phenoxy) is 6. The molecular weight excluding hydrogens is 498 g/mol. The normalized spacial score (nSPS) is 32.6. The number of carbonyl (C=O) groups is 1. The van der Waals surface area contributed by atoms with Crippen molar-refractivity contribution in [2.24, 2.45) is 0 Å². The Balaban J connectivity index is 1.11. The van der Waals surface area contributed by atoms with E-state index in [0.717, 1.165) is 63.5 Å². The fraction of sp³-hybridized carbons (Fsp3) is 0.774. The van der Waals surface area contributed by atoms with Crippen LogP contribution in [0.3, 0.4) is 0 Å². The Hall–Kier alpha value is -1.71. The van der Waals surface area contributed by atoms with Gasteiger partial charge >= 0.3 is 0 Å². The van der Waals surface area contributed by atoms with E-state index in [0.29, 0.717) is 12.3 Å². The summed E-state index contributed by atoms with van der Waals surface area (Å²) in [6, 6.07) is 7.53. The predicted molar refractivity (Wildman–Crippen MR) is 145 cm³/mol. The second-order valence-corrected chi connectivity index (χ2v) is 12.0. The van der Waals surface area contributed by atoms with Gasteiger partial charge in [0.25, 0.3) is 5.91 Å². The first-order valence-electron chi connectivity index (χ1n) is 15.5. The SMILES string of the molecule is CCCCCCCOc1ccc(NC(=O)C2OC3OC4(CCCCC4)OC3C3OC4(CCCCC4)OC23)cc1. The number of nitrogens with one attached hydrogen (secondary N) is 1. The van der Waals surface area contributed by atoms with E-state index in [1.54, 1.807) is 0 Å². The van der Waals surface area contributed by atoms with Gasteiger partial charge in [0.2, 0.25) is 0 Å². The van der Waals surface area contributed by atoms with E-state index in [2.05, 4.69) is 12.2 Å². The highest BCUT2D eigenvalue weighted by molar-refractivity contribution is 5.94. The zero-order chi connectivity index (χ0) is 26.7. The quantitative estimate of drug-likeness (QED) is 0.370. The topological polar surface area (TPSA) is 84.5 Å². The molecule has 5 fully saturated rings. The third-order valence-electron chi connectivity index (χ3n) is 9.01. The summed E-state index contributed by atoms with van der Waals surface area (Å²) in [6.45, 7) is 2.93. The van der Waals surface area contributed by atoms with E-state index in [-0.39, 0.29) is 5.91 Å². The molecule has 0 bridgehead atoms. The summed E-state index contributed by atoms with van der Waals surface area (Å²) in [5, 5.41) is 3.03. The first kappa shape index (κ1) is 27.5. The van der Waals surface area contributed by atoms with Crippen LogP contribution in [-0.2, 0) is 28.5 Å². The largest absolute Gasteiger partial charge is 0.494 e. The molecule has 2 aliphatic carbocycles. The lowest BCUT2D eigenvalue weighted by atomic mass is 9.94. The third kappa shape index (κ3) is 6.01. The van der Waals surface area contributed by atoms with Crippen LogP contribution < -0.4 is 10.1 Å². The molecule has 5 aliphatic rings. The van der Waals surface area contributed by atoms with Crippen LogP contribution in [0.1, 0.15) is 103 Å². The fourth-order valence-electron chi connectivity index (χ4n) is 6.91. The van der Waals surface area contributed by atoms with Crippen molar-refractivity contribution in [1.82, 2.24) is 0 Å². The van der Waals surface area contributed by atoms with E-state index >= 15 is 0 Å². The van der Waals surface area contributed by atoms with Crippen molar-refractivity contribution in [1.29, 1.82) is 0 Å². The van der Waals surface area contributed by atoms with Gasteiger partial charge in [-0.05, 0) is 56.4 Å². The molecule has 5 unspecified atom stereocenters. The molecule has 3 saturated heterocycles. The van der Waals surface area contributed by atoms with Crippen molar-refractivity contribution < 1.29 is 33.2 Å². The monoisotopic (exact) mass is 543 g/mol. The van der Waals surface area contributed by atoms with E-state index in [1.165, 1.54) is 38.5 Å². The van der Waals surface area contributed by atoms with E-state index in [1.807, 2.05) is 24.3 Å². The average molecular weight is 544 g/mol. The number of amides is 1. The van der Waals surface area contributed by atoms with Crippen molar-refractivity contribution in [3.05, 3.63) is 24.3 Å². The fourth-order valence-corrected chi connectivity index (χ4v) is 6.91. The smallest absolute Gasteiger partial charge is 0.256 e.